The number of hydrogen-bond acceptors (Lipinski definition) is 7. The molecule has 1 aromatic carbocycles. The Bertz CT molecular complexity index is 574. The highest BCUT2D eigenvalue weighted by molar-refractivity contribution is 7.99. The van der Waals surface area contributed by atoms with E-state index in [1.165, 1.54) is 0 Å². The lowest BCUT2D eigenvalue weighted by molar-refractivity contribution is -0.0593. The molecule has 1 unspecified atom stereocenters. The third-order valence-electron chi connectivity index (χ3n) is 4.46. The minimum atomic E-state index is -0.396. The molecular formula is C22H35NO6S. The molecule has 1 aliphatic rings. The first kappa shape index (κ1) is 24.9. The van der Waals surface area contributed by atoms with Gasteiger partial charge in [0.15, 0.2) is 0 Å². The number of rotatable bonds is 8. The number of ether oxygens (including phenoxy) is 5. The zero-order valence-electron chi connectivity index (χ0n) is 18.1. The first-order valence-corrected chi connectivity index (χ1v) is 11.6. The van der Waals surface area contributed by atoms with Gasteiger partial charge in [0.25, 0.3) is 0 Å². The second-order valence-electron chi connectivity index (χ2n) is 7.69. The fourth-order valence-electron chi connectivity index (χ4n) is 2.71. The smallest absolute Gasteiger partial charge is 0.407 e. The van der Waals surface area contributed by atoms with Crippen molar-refractivity contribution < 1.29 is 28.5 Å². The number of carbonyl (C=O) groups excluding carboxylic acids is 1. The summed E-state index contributed by atoms with van der Waals surface area (Å²) in [4.78, 5) is 12.1. The first-order valence-electron chi connectivity index (χ1n) is 10.5. The molecule has 1 fully saturated rings. The second kappa shape index (κ2) is 14.6. The Morgan fingerprint density at radius 3 is 2.47 bits per heavy atom. The van der Waals surface area contributed by atoms with Gasteiger partial charge in [0, 0.05) is 11.3 Å². The molecule has 1 aliphatic heterocycles. The SMILES string of the molecule is CC(C)(CCSCC1COCCOCCOCCO1)NC(=O)OCc1ccccc1. The minimum Gasteiger partial charge on any atom is -0.445 e. The van der Waals surface area contributed by atoms with Crippen LogP contribution in [0.3, 0.4) is 0 Å². The van der Waals surface area contributed by atoms with Crippen molar-refractivity contribution in [1.29, 1.82) is 0 Å². The molecule has 2 rings (SSSR count). The molecule has 1 aromatic rings. The van der Waals surface area contributed by atoms with Gasteiger partial charge in [0.05, 0.1) is 52.4 Å². The van der Waals surface area contributed by atoms with Gasteiger partial charge in [0.2, 0.25) is 0 Å². The summed E-state index contributed by atoms with van der Waals surface area (Å²) in [6, 6.07) is 9.65. The number of carbonyl (C=O) groups is 1. The van der Waals surface area contributed by atoms with Crippen molar-refractivity contribution >= 4 is 17.9 Å². The fourth-order valence-corrected chi connectivity index (χ4v) is 3.99. The van der Waals surface area contributed by atoms with Gasteiger partial charge in [-0.3, -0.25) is 0 Å². The molecule has 0 radical (unpaired) electrons. The highest BCUT2D eigenvalue weighted by Crippen LogP contribution is 2.16. The van der Waals surface area contributed by atoms with E-state index in [1.807, 2.05) is 44.2 Å². The first-order chi connectivity index (χ1) is 14.6. The van der Waals surface area contributed by atoms with Crippen LogP contribution in [-0.4, -0.2) is 75.5 Å². The Hall–Kier alpha value is -1.32. The van der Waals surface area contributed by atoms with Crippen molar-refractivity contribution in [1.82, 2.24) is 5.32 Å². The number of hydrogen-bond donors (Lipinski definition) is 1. The largest absolute Gasteiger partial charge is 0.445 e. The van der Waals surface area contributed by atoms with Gasteiger partial charge in [0.1, 0.15) is 6.61 Å². The molecule has 0 aromatic heterocycles. The van der Waals surface area contributed by atoms with Crippen LogP contribution in [0.25, 0.3) is 0 Å². The Kier molecular flexibility index (Phi) is 12.2. The van der Waals surface area contributed by atoms with E-state index in [9.17, 15) is 4.79 Å². The second-order valence-corrected chi connectivity index (χ2v) is 8.84. The zero-order valence-corrected chi connectivity index (χ0v) is 18.9. The van der Waals surface area contributed by atoms with Gasteiger partial charge in [-0.1, -0.05) is 30.3 Å². The molecule has 1 atom stereocenters. The van der Waals surface area contributed by atoms with E-state index in [2.05, 4.69) is 5.32 Å². The summed E-state index contributed by atoms with van der Waals surface area (Å²) < 4.78 is 27.7. The molecule has 30 heavy (non-hydrogen) atoms. The van der Waals surface area contributed by atoms with E-state index in [0.717, 1.165) is 23.5 Å². The standard InChI is InChI=1S/C22H35NO6S/c1-22(2,23-21(24)29-16-19-6-4-3-5-7-19)8-15-30-18-20-17-27-12-11-25-9-10-26-13-14-28-20/h3-7,20H,8-18H2,1-2H3,(H,23,24). The lowest BCUT2D eigenvalue weighted by Gasteiger charge is -2.26. The molecule has 1 saturated heterocycles. The quantitative estimate of drug-likeness (QED) is 0.621. The van der Waals surface area contributed by atoms with Crippen LogP contribution >= 0.6 is 11.8 Å². The number of alkyl carbamates (subject to hydrolysis) is 1. The van der Waals surface area contributed by atoms with Crippen LogP contribution in [0.5, 0.6) is 0 Å². The zero-order chi connectivity index (χ0) is 21.5. The van der Waals surface area contributed by atoms with Crippen molar-refractivity contribution in [2.24, 2.45) is 0 Å². The monoisotopic (exact) mass is 441 g/mol. The van der Waals surface area contributed by atoms with Crippen molar-refractivity contribution in [3.05, 3.63) is 35.9 Å². The molecule has 170 valence electrons. The Morgan fingerprint density at radius 1 is 1.07 bits per heavy atom. The maximum Gasteiger partial charge on any atom is 0.407 e. The van der Waals surface area contributed by atoms with Gasteiger partial charge < -0.3 is 29.0 Å². The van der Waals surface area contributed by atoms with Crippen molar-refractivity contribution in [3.63, 3.8) is 0 Å². The van der Waals surface area contributed by atoms with E-state index in [4.69, 9.17) is 23.7 Å². The Labute approximate surface area is 184 Å². The molecule has 1 amide bonds. The van der Waals surface area contributed by atoms with Crippen LogP contribution in [0.2, 0.25) is 0 Å². The van der Waals surface area contributed by atoms with Crippen molar-refractivity contribution in [2.75, 3.05) is 57.8 Å². The van der Waals surface area contributed by atoms with Crippen LogP contribution in [0.15, 0.2) is 30.3 Å². The van der Waals surface area contributed by atoms with Crippen molar-refractivity contribution in [2.45, 2.75) is 38.5 Å². The fraction of sp³-hybridized carbons (Fsp3) is 0.682. The summed E-state index contributed by atoms with van der Waals surface area (Å²) >= 11 is 1.79. The summed E-state index contributed by atoms with van der Waals surface area (Å²) in [5.74, 6) is 1.72. The average molecular weight is 442 g/mol. The summed E-state index contributed by atoms with van der Waals surface area (Å²) in [6.45, 7) is 8.24. The van der Waals surface area contributed by atoms with E-state index in [1.54, 1.807) is 11.8 Å². The molecule has 8 heteroatoms. The molecule has 0 bridgehead atoms. The molecular weight excluding hydrogens is 406 g/mol. The lowest BCUT2D eigenvalue weighted by atomic mass is 10.0. The molecule has 7 nitrogen and oxygen atoms in total. The topological polar surface area (TPSA) is 75.3 Å². The lowest BCUT2D eigenvalue weighted by Crippen LogP contribution is -2.44. The molecule has 0 spiro atoms. The van der Waals surface area contributed by atoms with Gasteiger partial charge in [-0.2, -0.15) is 11.8 Å². The molecule has 1 heterocycles. The third-order valence-corrected chi connectivity index (χ3v) is 5.56. The highest BCUT2D eigenvalue weighted by atomic mass is 32.2. The third kappa shape index (κ3) is 11.8. The highest BCUT2D eigenvalue weighted by Gasteiger charge is 2.21. The van der Waals surface area contributed by atoms with Gasteiger partial charge in [-0.25, -0.2) is 4.79 Å². The summed E-state index contributed by atoms with van der Waals surface area (Å²) in [5, 5.41) is 2.95. The number of thioether (sulfide) groups is 1. The van der Waals surface area contributed by atoms with Gasteiger partial charge in [-0.15, -0.1) is 0 Å². The van der Waals surface area contributed by atoms with E-state index in [-0.39, 0.29) is 18.2 Å². The van der Waals surface area contributed by atoms with Crippen molar-refractivity contribution in [3.8, 4) is 0 Å². The van der Waals surface area contributed by atoms with Crippen LogP contribution in [0, 0.1) is 0 Å². The van der Waals surface area contributed by atoms with E-state index < -0.39 is 6.09 Å². The Morgan fingerprint density at radius 2 is 1.73 bits per heavy atom. The average Bonchev–Trinajstić information content (AvgIpc) is 2.71. The molecule has 0 aliphatic carbocycles. The number of benzene rings is 1. The van der Waals surface area contributed by atoms with E-state index >= 15 is 0 Å². The maximum absolute atomic E-state index is 12.1. The predicted octanol–water partition coefficient (Wildman–Crippen LogP) is 3.26. The summed E-state index contributed by atoms with van der Waals surface area (Å²) in [5.41, 5.74) is 0.618. The van der Waals surface area contributed by atoms with Crippen LogP contribution in [-0.2, 0) is 30.3 Å². The van der Waals surface area contributed by atoms with Crippen LogP contribution in [0.4, 0.5) is 4.79 Å². The maximum atomic E-state index is 12.1. The summed E-state index contributed by atoms with van der Waals surface area (Å²) in [7, 11) is 0. The van der Waals surface area contributed by atoms with Crippen LogP contribution in [0.1, 0.15) is 25.8 Å². The van der Waals surface area contributed by atoms with Gasteiger partial charge >= 0.3 is 6.09 Å². The predicted molar refractivity (Wildman–Crippen MR) is 118 cm³/mol. The molecule has 0 saturated carbocycles. The summed E-state index contributed by atoms with van der Waals surface area (Å²) in [6.07, 6.45) is 0.444. The number of amides is 1. The molecule has 1 N–H and O–H groups in total. The van der Waals surface area contributed by atoms with E-state index in [0.29, 0.717) is 46.2 Å². The normalized spacial score (nSPS) is 19.3. The minimum absolute atomic E-state index is 0.0185. The van der Waals surface area contributed by atoms with Crippen LogP contribution < -0.4 is 5.32 Å². The number of nitrogens with one attached hydrogen (secondary N) is 1. The van der Waals surface area contributed by atoms with Gasteiger partial charge in [-0.05, 0) is 31.6 Å². The Balaban J connectivity index is 1.62.